The van der Waals surface area contributed by atoms with Crippen LogP contribution in [0.3, 0.4) is 0 Å². The molecular formula is C14H20N6O2. The van der Waals surface area contributed by atoms with E-state index in [9.17, 15) is 4.79 Å². The van der Waals surface area contributed by atoms with Crippen molar-refractivity contribution in [1.29, 1.82) is 0 Å². The van der Waals surface area contributed by atoms with Crippen LogP contribution in [0.4, 0.5) is 0 Å². The maximum Gasteiger partial charge on any atom is 0.257 e. The van der Waals surface area contributed by atoms with Gasteiger partial charge < -0.3 is 9.64 Å². The molecule has 2 aromatic rings. The SMILES string of the molecule is CCc1nc([C@@H]2CN(C(=O)c3cnn(C)c3C)CCO2)n[nH]1. The van der Waals surface area contributed by atoms with E-state index in [1.165, 1.54) is 0 Å². The van der Waals surface area contributed by atoms with Gasteiger partial charge in [-0.05, 0) is 6.92 Å². The number of carbonyl (C=O) groups is 1. The minimum atomic E-state index is -0.286. The van der Waals surface area contributed by atoms with Crippen LogP contribution in [0.2, 0.25) is 0 Å². The van der Waals surface area contributed by atoms with Crippen LogP contribution < -0.4 is 0 Å². The number of aromatic amines is 1. The van der Waals surface area contributed by atoms with Crippen LogP contribution in [0.1, 0.15) is 40.7 Å². The molecule has 0 aliphatic carbocycles. The zero-order chi connectivity index (χ0) is 15.7. The van der Waals surface area contributed by atoms with Gasteiger partial charge >= 0.3 is 0 Å². The molecule has 3 heterocycles. The lowest BCUT2D eigenvalue weighted by atomic mass is 10.2. The summed E-state index contributed by atoms with van der Waals surface area (Å²) in [5.74, 6) is 1.41. The molecule has 3 rings (SSSR count). The third kappa shape index (κ3) is 2.61. The van der Waals surface area contributed by atoms with Crippen molar-refractivity contribution in [2.24, 2.45) is 7.05 Å². The normalized spacial score (nSPS) is 18.7. The lowest BCUT2D eigenvalue weighted by Gasteiger charge is -2.31. The van der Waals surface area contributed by atoms with Crippen molar-refractivity contribution in [3.8, 4) is 0 Å². The molecule has 8 nitrogen and oxygen atoms in total. The van der Waals surface area contributed by atoms with Crippen LogP contribution >= 0.6 is 0 Å². The summed E-state index contributed by atoms with van der Waals surface area (Å²) in [6.45, 7) is 5.39. The quantitative estimate of drug-likeness (QED) is 0.898. The van der Waals surface area contributed by atoms with Crippen molar-refractivity contribution in [3.05, 3.63) is 29.1 Å². The summed E-state index contributed by atoms with van der Waals surface area (Å²) in [6.07, 6.45) is 2.12. The molecule has 0 saturated carbocycles. The fourth-order valence-corrected chi connectivity index (χ4v) is 2.48. The van der Waals surface area contributed by atoms with Crippen LogP contribution in [0, 0.1) is 6.92 Å². The standard InChI is InChI=1S/C14H20N6O2/c1-4-12-16-13(18-17-12)11-8-20(5-6-22-11)14(21)10-7-15-19(3)9(10)2/h7,11H,4-6,8H2,1-3H3,(H,16,17,18)/t11-/m0/s1. The van der Waals surface area contributed by atoms with Crippen LogP contribution in [0.25, 0.3) is 0 Å². The molecule has 2 aromatic heterocycles. The van der Waals surface area contributed by atoms with Crippen LogP contribution in [0.15, 0.2) is 6.20 Å². The van der Waals surface area contributed by atoms with Crippen molar-refractivity contribution in [3.63, 3.8) is 0 Å². The van der Waals surface area contributed by atoms with E-state index in [0.29, 0.717) is 31.1 Å². The molecule has 1 saturated heterocycles. The smallest absolute Gasteiger partial charge is 0.257 e. The highest BCUT2D eigenvalue weighted by Crippen LogP contribution is 2.21. The number of ether oxygens (including phenoxy) is 1. The molecule has 1 amide bonds. The van der Waals surface area contributed by atoms with E-state index in [1.54, 1.807) is 15.8 Å². The Kier molecular flexibility index (Phi) is 3.93. The molecule has 0 bridgehead atoms. The summed E-state index contributed by atoms with van der Waals surface area (Å²) in [6, 6.07) is 0. The molecule has 1 fully saturated rings. The predicted molar refractivity (Wildman–Crippen MR) is 78.3 cm³/mol. The zero-order valence-electron chi connectivity index (χ0n) is 13.0. The first-order chi connectivity index (χ1) is 10.6. The van der Waals surface area contributed by atoms with Gasteiger partial charge in [0.05, 0.1) is 24.9 Å². The summed E-state index contributed by atoms with van der Waals surface area (Å²) in [5, 5.41) is 11.2. The highest BCUT2D eigenvalue weighted by Gasteiger charge is 2.29. The van der Waals surface area contributed by atoms with Gasteiger partial charge in [-0.25, -0.2) is 4.98 Å². The van der Waals surface area contributed by atoms with E-state index in [1.807, 2.05) is 20.9 Å². The number of nitrogens with zero attached hydrogens (tertiary/aromatic N) is 5. The van der Waals surface area contributed by atoms with Gasteiger partial charge in [0.1, 0.15) is 11.9 Å². The lowest BCUT2D eigenvalue weighted by Crippen LogP contribution is -2.42. The Hall–Kier alpha value is -2.22. The Balaban J connectivity index is 1.75. The molecule has 1 N–H and O–H groups in total. The Labute approximate surface area is 128 Å². The molecule has 118 valence electrons. The topological polar surface area (TPSA) is 88.9 Å². The molecule has 0 aromatic carbocycles. The first-order valence-corrected chi connectivity index (χ1v) is 7.40. The number of hydrogen-bond donors (Lipinski definition) is 1. The summed E-state index contributed by atoms with van der Waals surface area (Å²) in [7, 11) is 1.83. The monoisotopic (exact) mass is 304 g/mol. The number of morpholine rings is 1. The first-order valence-electron chi connectivity index (χ1n) is 7.40. The summed E-state index contributed by atoms with van der Waals surface area (Å²) in [4.78, 5) is 18.8. The Morgan fingerprint density at radius 3 is 3.00 bits per heavy atom. The summed E-state index contributed by atoms with van der Waals surface area (Å²) >= 11 is 0. The molecular weight excluding hydrogens is 284 g/mol. The number of nitrogens with one attached hydrogen (secondary N) is 1. The van der Waals surface area contributed by atoms with Gasteiger partial charge in [0.15, 0.2) is 5.82 Å². The van der Waals surface area contributed by atoms with Gasteiger partial charge in [0.2, 0.25) is 0 Å². The second kappa shape index (κ2) is 5.88. The first kappa shape index (κ1) is 14.7. The average molecular weight is 304 g/mol. The zero-order valence-corrected chi connectivity index (χ0v) is 13.0. The van der Waals surface area contributed by atoms with Crippen molar-refractivity contribution in [2.75, 3.05) is 19.7 Å². The number of carbonyl (C=O) groups excluding carboxylic acids is 1. The van der Waals surface area contributed by atoms with Gasteiger partial charge in [-0.3, -0.25) is 14.6 Å². The van der Waals surface area contributed by atoms with E-state index in [0.717, 1.165) is 17.9 Å². The number of aryl methyl sites for hydroxylation is 2. The number of hydrogen-bond acceptors (Lipinski definition) is 5. The molecule has 1 aliphatic heterocycles. The van der Waals surface area contributed by atoms with Crippen molar-refractivity contribution in [1.82, 2.24) is 29.9 Å². The van der Waals surface area contributed by atoms with Crippen LogP contribution in [-0.4, -0.2) is 55.5 Å². The summed E-state index contributed by atoms with van der Waals surface area (Å²) < 4.78 is 7.42. The number of aromatic nitrogens is 5. The summed E-state index contributed by atoms with van der Waals surface area (Å²) in [5.41, 5.74) is 1.49. The number of H-pyrrole nitrogens is 1. The second-order valence-corrected chi connectivity index (χ2v) is 5.37. The van der Waals surface area contributed by atoms with E-state index < -0.39 is 0 Å². The molecule has 1 atom stereocenters. The van der Waals surface area contributed by atoms with Gasteiger partial charge in [0, 0.05) is 25.7 Å². The lowest BCUT2D eigenvalue weighted by molar-refractivity contribution is -0.0267. The minimum absolute atomic E-state index is 0.0230. The van der Waals surface area contributed by atoms with Gasteiger partial charge in [-0.1, -0.05) is 6.92 Å². The largest absolute Gasteiger partial charge is 0.366 e. The third-order valence-electron chi connectivity index (χ3n) is 3.99. The highest BCUT2D eigenvalue weighted by atomic mass is 16.5. The minimum Gasteiger partial charge on any atom is -0.366 e. The number of rotatable bonds is 3. The molecule has 0 spiro atoms. The molecule has 8 heteroatoms. The van der Waals surface area contributed by atoms with Gasteiger partial charge in [-0.2, -0.15) is 10.2 Å². The van der Waals surface area contributed by atoms with Crippen molar-refractivity contribution < 1.29 is 9.53 Å². The number of amides is 1. The molecule has 22 heavy (non-hydrogen) atoms. The Morgan fingerprint density at radius 2 is 2.36 bits per heavy atom. The maximum absolute atomic E-state index is 12.6. The maximum atomic E-state index is 12.6. The second-order valence-electron chi connectivity index (χ2n) is 5.37. The van der Waals surface area contributed by atoms with E-state index in [4.69, 9.17) is 4.74 Å². The highest BCUT2D eigenvalue weighted by molar-refractivity contribution is 5.95. The van der Waals surface area contributed by atoms with Gasteiger partial charge in [0.25, 0.3) is 5.91 Å². The Bertz CT molecular complexity index is 677. The molecule has 1 aliphatic rings. The fraction of sp³-hybridized carbons (Fsp3) is 0.571. The third-order valence-corrected chi connectivity index (χ3v) is 3.99. The van der Waals surface area contributed by atoms with Crippen molar-refractivity contribution in [2.45, 2.75) is 26.4 Å². The van der Waals surface area contributed by atoms with Crippen LogP contribution in [0.5, 0.6) is 0 Å². The van der Waals surface area contributed by atoms with E-state index in [2.05, 4.69) is 20.3 Å². The van der Waals surface area contributed by atoms with E-state index >= 15 is 0 Å². The fourth-order valence-electron chi connectivity index (χ4n) is 2.48. The van der Waals surface area contributed by atoms with Gasteiger partial charge in [-0.15, -0.1) is 0 Å². The molecule has 0 unspecified atom stereocenters. The van der Waals surface area contributed by atoms with Crippen molar-refractivity contribution >= 4 is 5.91 Å². The predicted octanol–water partition coefficient (Wildman–Crippen LogP) is 0.623. The molecule has 0 radical (unpaired) electrons. The van der Waals surface area contributed by atoms with E-state index in [-0.39, 0.29) is 12.0 Å². The average Bonchev–Trinajstić information content (AvgIpc) is 3.15. The Morgan fingerprint density at radius 1 is 1.55 bits per heavy atom. The van der Waals surface area contributed by atoms with Crippen LogP contribution in [-0.2, 0) is 18.2 Å².